The standard InChI is InChI=1S/C13H14ClN3O/c1-3-13-16-10(7-12(15)17-13)8-4-5-9(14)11(6-8)18-2/h4-7H,3H2,1-2H3,(H2,15,16,17). The molecule has 0 saturated heterocycles. The van der Waals surface area contributed by atoms with Crippen molar-refractivity contribution in [3.05, 3.63) is 35.1 Å². The zero-order valence-electron chi connectivity index (χ0n) is 10.3. The van der Waals surface area contributed by atoms with Crippen LogP contribution in [0.15, 0.2) is 24.3 Å². The van der Waals surface area contributed by atoms with Crippen LogP contribution in [-0.4, -0.2) is 17.1 Å². The Balaban J connectivity index is 2.51. The number of rotatable bonds is 3. The first-order valence-electron chi connectivity index (χ1n) is 5.61. The van der Waals surface area contributed by atoms with Gasteiger partial charge in [0.1, 0.15) is 17.4 Å². The third kappa shape index (κ3) is 2.54. The van der Waals surface area contributed by atoms with E-state index in [4.69, 9.17) is 22.1 Å². The van der Waals surface area contributed by atoms with Gasteiger partial charge in [-0.3, -0.25) is 0 Å². The highest BCUT2D eigenvalue weighted by atomic mass is 35.5. The molecule has 0 aliphatic carbocycles. The van der Waals surface area contributed by atoms with Crippen LogP contribution in [-0.2, 0) is 6.42 Å². The van der Waals surface area contributed by atoms with E-state index in [0.29, 0.717) is 16.6 Å². The number of methoxy groups -OCH3 is 1. The molecule has 0 spiro atoms. The van der Waals surface area contributed by atoms with Crippen molar-refractivity contribution in [2.24, 2.45) is 0 Å². The van der Waals surface area contributed by atoms with Gasteiger partial charge < -0.3 is 10.5 Å². The summed E-state index contributed by atoms with van der Waals surface area (Å²) in [6.45, 7) is 1.99. The number of aryl methyl sites for hydroxylation is 1. The fourth-order valence-electron chi connectivity index (χ4n) is 1.64. The highest BCUT2D eigenvalue weighted by molar-refractivity contribution is 6.32. The minimum Gasteiger partial charge on any atom is -0.495 e. The van der Waals surface area contributed by atoms with Crippen LogP contribution in [0.3, 0.4) is 0 Å². The molecule has 0 radical (unpaired) electrons. The Bertz CT molecular complexity index is 572. The van der Waals surface area contributed by atoms with Crippen molar-refractivity contribution in [2.75, 3.05) is 12.8 Å². The predicted molar refractivity (Wildman–Crippen MR) is 72.8 cm³/mol. The summed E-state index contributed by atoms with van der Waals surface area (Å²) in [7, 11) is 1.58. The normalized spacial score (nSPS) is 10.4. The smallest absolute Gasteiger partial charge is 0.138 e. The molecule has 0 bridgehead atoms. The van der Waals surface area contributed by atoms with Crippen molar-refractivity contribution >= 4 is 17.4 Å². The number of anilines is 1. The molecule has 2 N–H and O–H groups in total. The largest absolute Gasteiger partial charge is 0.495 e. The molecule has 94 valence electrons. The SMILES string of the molecule is CCc1nc(N)cc(-c2ccc(Cl)c(OC)c2)n1. The Labute approximate surface area is 111 Å². The van der Waals surface area contributed by atoms with Gasteiger partial charge >= 0.3 is 0 Å². The van der Waals surface area contributed by atoms with E-state index in [9.17, 15) is 0 Å². The fourth-order valence-corrected chi connectivity index (χ4v) is 1.84. The van der Waals surface area contributed by atoms with E-state index in [-0.39, 0.29) is 0 Å². The molecule has 0 aliphatic rings. The maximum atomic E-state index is 5.99. The summed E-state index contributed by atoms with van der Waals surface area (Å²) in [4.78, 5) is 8.58. The van der Waals surface area contributed by atoms with Crippen LogP contribution >= 0.6 is 11.6 Å². The summed E-state index contributed by atoms with van der Waals surface area (Å²) in [5, 5.41) is 0.569. The average Bonchev–Trinajstić information content (AvgIpc) is 2.38. The number of nitrogens with two attached hydrogens (primary N) is 1. The van der Waals surface area contributed by atoms with Gasteiger partial charge in [-0.2, -0.15) is 0 Å². The van der Waals surface area contributed by atoms with Crippen LogP contribution in [0.5, 0.6) is 5.75 Å². The Morgan fingerprint density at radius 3 is 2.72 bits per heavy atom. The average molecular weight is 264 g/mol. The molecule has 0 amide bonds. The van der Waals surface area contributed by atoms with Gasteiger partial charge in [-0.05, 0) is 12.1 Å². The molecule has 0 unspecified atom stereocenters. The van der Waals surface area contributed by atoms with Gasteiger partial charge in [-0.25, -0.2) is 9.97 Å². The minimum absolute atomic E-state index is 0.464. The van der Waals surface area contributed by atoms with Gasteiger partial charge in [-0.1, -0.05) is 24.6 Å². The molecule has 4 nitrogen and oxygen atoms in total. The second-order valence-electron chi connectivity index (χ2n) is 3.80. The van der Waals surface area contributed by atoms with Crippen LogP contribution in [0, 0.1) is 0 Å². The Kier molecular flexibility index (Phi) is 3.67. The van der Waals surface area contributed by atoms with Crippen LogP contribution in [0.25, 0.3) is 11.3 Å². The lowest BCUT2D eigenvalue weighted by Gasteiger charge is -2.08. The van der Waals surface area contributed by atoms with Crippen LogP contribution in [0.1, 0.15) is 12.7 Å². The molecule has 2 rings (SSSR count). The van der Waals surface area contributed by atoms with Crippen molar-refractivity contribution in [3.8, 4) is 17.0 Å². The maximum absolute atomic E-state index is 5.99. The second kappa shape index (κ2) is 5.23. The van der Waals surface area contributed by atoms with Crippen LogP contribution in [0.4, 0.5) is 5.82 Å². The topological polar surface area (TPSA) is 61.0 Å². The summed E-state index contributed by atoms with van der Waals surface area (Å²) in [5.41, 5.74) is 7.44. The lowest BCUT2D eigenvalue weighted by molar-refractivity contribution is 0.415. The molecule has 2 aromatic rings. The van der Waals surface area contributed by atoms with Crippen molar-refractivity contribution in [1.29, 1.82) is 0 Å². The Morgan fingerprint density at radius 1 is 1.28 bits per heavy atom. The molecule has 0 aliphatic heterocycles. The summed E-state index contributed by atoms with van der Waals surface area (Å²) in [6, 6.07) is 7.23. The number of nitrogens with zero attached hydrogens (tertiary/aromatic N) is 2. The number of ether oxygens (including phenoxy) is 1. The fraction of sp³-hybridized carbons (Fsp3) is 0.231. The number of nitrogen functional groups attached to an aromatic ring is 1. The number of halogens is 1. The van der Waals surface area contributed by atoms with E-state index in [1.807, 2.05) is 19.1 Å². The summed E-state index contributed by atoms with van der Waals surface area (Å²) < 4.78 is 5.19. The van der Waals surface area contributed by atoms with Crippen molar-refractivity contribution < 1.29 is 4.74 Å². The maximum Gasteiger partial charge on any atom is 0.138 e. The third-order valence-electron chi connectivity index (χ3n) is 2.56. The minimum atomic E-state index is 0.464. The lowest BCUT2D eigenvalue weighted by atomic mass is 10.1. The summed E-state index contributed by atoms with van der Waals surface area (Å²) in [6.07, 6.45) is 0.739. The molecule has 1 aromatic heterocycles. The molecule has 1 aromatic carbocycles. The van der Waals surface area contributed by atoms with Gasteiger partial charge in [0, 0.05) is 18.1 Å². The zero-order valence-corrected chi connectivity index (χ0v) is 11.0. The van der Waals surface area contributed by atoms with Crippen LogP contribution < -0.4 is 10.5 Å². The van der Waals surface area contributed by atoms with Gasteiger partial charge in [0.05, 0.1) is 17.8 Å². The van der Waals surface area contributed by atoms with E-state index in [2.05, 4.69) is 9.97 Å². The number of hydrogen-bond donors (Lipinski definition) is 1. The molecule has 0 saturated carbocycles. The summed E-state index contributed by atoms with van der Waals surface area (Å²) >= 11 is 5.99. The monoisotopic (exact) mass is 263 g/mol. The van der Waals surface area contributed by atoms with E-state index in [1.54, 1.807) is 19.2 Å². The highest BCUT2D eigenvalue weighted by Gasteiger charge is 2.07. The molecule has 0 atom stereocenters. The Morgan fingerprint density at radius 2 is 2.06 bits per heavy atom. The van der Waals surface area contributed by atoms with E-state index < -0.39 is 0 Å². The molecule has 18 heavy (non-hydrogen) atoms. The number of aromatic nitrogens is 2. The lowest BCUT2D eigenvalue weighted by Crippen LogP contribution is -2.00. The molecular weight excluding hydrogens is 250 g/mol. The van der Waals surface area contributed by atoms with E-state index in [1.165, 1.54) is 0 Å². The number of hydrogen-bond acceptors (Lipinski definition) is 4. The highest BCUT2D eigenvalue weighted by Crippen LogP contribution is 2.30. The van der Waals surface area contributed by atoms with Crippen molar-refractivity contribution in [3.63, 3.8) is 0 Å². The predicted octanol–water partition coefficient (Wildman–Crippen LogP) is 2.95. The van der Waals surface area contributed by atoms with Gasteiger partial charge in [0.15, 0.2) is 0 Å². The van der Waals surface area contributed by atoms with Gasteiger partial charge in [0.2, 0.25) is 0 Å². The van der Waals surface area contributed by atoms with Crippen molar-refractivity contribution in [1.82, 2.24) is 9.97 Å². The molecule has 1 heterocycles. The Hall–Kier alpha value is -1.81. The molecule has 5 heteroatoms. The summed E-state index contributed by atoms with van der Waals surface area (Å²) in [5.74, 6) is 1.80. The van der Waals surface area contributed by atoms with Crippen LogP contribution in [0.2, 0.25) is 5.02 Å². The third-order valence-corrected chi connectivity index (χ3v) is 2.87. The van der Waals surface area contributed by atoms with E-state index >= 15 is 0 Å². The zero-order chi connectivity index (χ0) is 13.1. The quantitative estimate of drug-likeness (QED) is 0.925. The first kappa shape index (κ1) is 12.6. The van der Waals surface area contributed by atoms with Gasteiger partial charge in [0.25, 0.3) is 0 Å². The molecule has 0 fully saturated rings. The number of benzene rings is 1. The van der Waals surface area contributed by atoms with E-state index in [0.717, 1.165) is 23.5 Å². The first-order valence-corrected chi connectivity index (χ1v) is 5.99. The molecular formula is C13H14ClN3O. The first-order chi connectivity index (χ1) is 8.63. The van der Waals surface area contributed by atoms with Crippen molar-refractivity contribution in [2.45, 2.75) is 13.3 Å². The van der Waals surface area contributed by atoms with Gasteiger partial charge in [-0.15, -0.1) is 0 Å². The second-order valence-corrected chi connectivity index (χ2v) is 4.20.